The van der Waals surface area contributed by atoms with E-state index in [9.17, 15) is 17.8 Å². The Hall–Kier alpha value is -1.30. The van der Waals surface area contributed by atoms with Crippen molar-refractivity contribution in [2.24, 2.45) is 0 Å². The quantitative estimate of drug-likeness (QED) is 0.547. The molecule has 0 aromatic heterocycles. The van der Waals surface area contributed by atoms with Crippen LogP contribution in [0.4, 0.5) is 8.78 Å². The van der Waals surface area contributed by atoms with E-state index in [1.54, 1.807) is 6.92 Å². The first-order valence-corrected chi connectivity index (χ1v) is 7.85. The van der Waals surface area contributed by atoms with Gasteiger partial charge < -0.3 is 4.74 Å². The highest BCUT2D eigenvalue weighted by Gasteiger charge is 2.11. The number of carbonyl (C=O) groups is 1. The van der Waals surface area contributed by atoms with Crippen LogP contribution in [0.2, 0.25) is 0 Å². The predicted molar refractivity (Wildman–Crippen MR) is 72.7 cm³/mol. The summed E-state index contributed by atoms with van der Waals surface area (Å²) in [4.78, 5) is 11.1. The van der Waals surface area contributed by atoms with Crippen molar-refractivity contribution in [3.63, 3.8) is 0 Å². The van der Waals surface area contributed by atoms with Crippen LogP contribution in [-0.2, 0) is 20.3 Å². The van der Waals surface area contributed by atoms with Crippen LogP contribution in [0.15, 0.2) is 23.1 Å². The lowest BCUT2D eigenvalue weighted by molar-refractivity contribution is -0.143. The molecule has 1 aromatic rings. The van der Waals surface area contributed by atoms with Crippen molar-refractivity contribution in [2.75, 3.05) is 12.4 Å². The van der Waals surface area contributed by atoms with Crippen LogP contribution in [0.5, 0.6) is 0 Å². The predicted octanol–water partition coefficient (Wildman–Crippen LogP) is 3.20. The van der Waals surface area contributed by atoms with E-state index in [0.717, 1.165) is 12.1 Å². The minimum atomic E-state index is -1.48. The third kappa shape index (κ3) is 5.77. The SMILES string of the molecule is CCOC(=O)CCCCCS(=O)c1ccc(F)cc1F. The molecule has 0 aliphatic rings. The molecule has 0 saturated heterocycles. The number of benzene rings is 1. The summed E-state index contributed by atoms with van der Waals surface area (Å²) in [5, 5.41) is 0. The Morgan fingerprint density at radius 3 is 2.65 bits per heavy atom. The van der Waals surface area contributed by atoms with Gasteiger partial charge in [-0.15, -0.1) is 0 Å². The van der Waals surface area contributed by atoms with E-state index < -0.39 is 22.4 Å². The van der Waals surface area contributed by atoms with Gasteiger partial charge in [-0.05, 0) is 31.9 Å². The maximum Gasteiger partial charge on any atom is 0.305 e. The molecule has 20 heavy (non-hydrogen) atoms. The van der Waals surface area contributed by atoms with Gasteiger partial charge in [0.05, 0.1) is 22.3 Å². The maximum atomic E-state index is 13.4. The summed E-state index contributed by atoms with van der Waals surface area (Å²) in [5.41, 5.74) is 0. The summed E-state index contributed by atoms with van der Waals surface area (Å²) >= 11 is 0. The molecule has 0 aliphatic carbocycles. The third-order valence-corrected chi connectivity index (χ3v) is 4.14. The van der Waals surface area contributed by atoms with Crippen molar-refractivity contribution in [3.8, 4) is 0 Å². The Balaban J connectivity index is 2.28. The van der Waals surface area contributed by atoms with Crippen LogP contribution < -0.4 is 0 Å². The van der Waals surface area contributed by atoms with Crippen molar-refractivity contribution < 1.29 is 22.5 Å². The van der Waals surface area contributed by atoms with Gasteiger partial charge in [-0.2, -0.15) is 0 Å². The molecule has 0 spiro atoms. The molecule has 1 unspecified atom stereocenters. The summed E-state index contributed by atoms with van der Waals surface area (Å²) in [5.74, 6) is -1.41. The molecule has 1 rings (SSSR count). The summed E-state index contributed by atoms with van der Waals surface area (Å²) in [6, 6.07) is 3.03. The molecule has 0 heterocycles. The molecule has 0 aliphatic heterocycles. The first-order chi connectivity index (χ1) is 9.54. The maximum absolute atomic E-state index is 13.4. The zero-order valence-corrected chi connectivity index (χ0v) is 12.2. The lowest BCUT2D eigenvalue weighted by Gasteiger charge is -2.04. The van der Waals surface area contributed by atoms with Gasteiger partial charge in [0, 0.05) is 18.2 Å². The standard InChI is InChI=1S/C14H18F2O3S/c1-2-19-14(17)6-4-3-5-9-20(18)13-8-7-11(15)10-12(13)16/h7-8,10H,2-6,9H2,1H3. The first-order valence-electron chi connectivity index (χ1n) is 6.53. The Kier molecular flexibility index (Phi) is 7.36. The molecular formula is C14H18F2O3S. The molecule has 0 fully saturated rings. The van der Waals surface area contributed by atoms with Crippen LogP contribution in [0.1, 0.15) is 32.6 Å². The molecule has 6 heteroatoms. The fourth-order valence-electron chi connectivity index (χ4n) is 1.68. The molecule has 1 aromatic carbocycles. The van der Waals surface area contributed by atoms with Gasteiger partial charge in [-0.25, -0.2) is 8.78 Å². The molecule has 0 saturated carbocycles. The molecule has 3 nitrogen and oxygen atoms in total. The lowest BCUT2D eigenvalue weighted by Crippen LogP contribution is -2.04. The van der Waals surface area contributed by atoms with E-state index in [1.165, 1.54) is 6.07 Å². The average Bonchev–Trinajstić information content (AvgIpc) is 2.38. The van der Waals surface area contributed by atoms with E-state index in [0.29, 0.717) is 38.0 Å². The molecule has 0 amide bonds. The summed E-state index contributed by atoms with van der Waals surface area (Å²) in [6.45, 7) is 2.12. The zero-order chi connectivity index (χ0) is 15.0. The van der Waals surface area contributed by atoms with Gasteiger partial charge in [-0.3, -0.25) is 9.00 Å². The monoisotopic (exact) mass is 304 g/mol. The summed E-state index contributed by atoms with van der Waals surface area (Å²) in [7, 11) is -1.48. The van der Waals surface area contributed by atoms with E-state index >= 15 is 0 Å². The molecule has 112 valence electrons. The fraction of sp³-hybridized carbons (Fsp3) is 0.500. The van der Waals surface area contributed by atoms with Crippen molar-refractivity contribution in [1.82, 2.24) is 0 Å². The third-order valence-electron chi connectivity index (χ3n) is 2.66. The molecule has 0 radical (unpaired) electrons. The average molecular weight is 304 g/mol. The topological polar surface area (TPSA) is 43.4 Å². The second-order valence-electron chi connectivity index (χ2n) is 4.24. The molecule has 0 N–H and O–H groups in total. The smallest absolute Gasteiger partial charge is 0.305 e. The van der Waals surface area contributed by atoms with Crippen LogP contribution >= 0.6 is 0 Å². The van der Waals surface area contributed by atoms with Crippen LogP contribution in [0.25, 0.3) is 0 Å². The minimum absolute atomic E-state index is 0.0248. The van der Waals surface area contributed by atoms with Crippen molar-refractivity contribution in [2.45, 2.75) is 37.5 Å². The highest BCUT2D eigenvalue weighted by molar-refractivity contribution is 7.85. The van der Waals surface area contributed by atoms with Gasteiger partial charge in [0.15, 0.2) is 0 Å². The molecule has 1 atom stereocenters. The molecular weight excluding hydrogens is 286 g/mol. The first kappa shape index (κ1) is 16.8. The highest BCUT2D eigenvalue weighted by Crippen LogP contribution is 2.15. The Morgan fingerprint density at radius 1 is 1.25 bits per heavy atom. The van der Waals surface area contributed by atoms with Crippen LogP contribution in [-0.4, -0.2) is 22.5 Å². The van der Waals surface area contributed by atoms with Gasteiger partial charge >= 0.3 is 5.97 Å². The number of carbonyl (C=O) groups excluding carboxylic acids is 1. The van der Waals surface area contributed by atoms with Crippen molar-refractivity contribution in [1.29, 1.82) is 0 Å². The van der Waals surface area contributed by atoms with Crippen LogP contribution in [0, 0.1) is 11.6 Å². The van der Waals surface area contributed by atoms with E-state index in [-0.39, 0.29) is 10.9 Å². The number of esters is 1. The second kappa shape index (κ2) is 8.79. The summed E-state index contributed by atoms with van der Waals surface area (Å²) in [6.07, 6.45) is 2.32. The summed E-state index contributed by atoms with van der Waals surface area (Å²) < 4.78 is 42.7. The van der Waals surface area contributed by atoms with E-state index in [1.807, 2.05) is 0 Å². The second-order valence-corrected chi connectivity index (χ2v) is 5.78. The lowest BCUT2D eigenvalue weighted by atomic mass is 10.2. The number of unbranched alkanes of at least 4 members (excludes halogenated alkanes) is 2. The van der Waals surface area contributed by atoms with Gasteiger partial charge in [-0.1, -0.05) is 6.42 Å². The van der Waals surface area contributed by atoms with Crippen LogP contribution in [0.3, 0.4) is 0 Å². The Morgan fingerprint density at radius 2 is 2.00 bits per heavy atom. The zero-order valence-electron chi connectivity index (χ0n) is 11.4. The Bertz CT molecular complexity index is 477. The van der Waals surface area contributed by atoms with Crippen molar-refractivity contribution >= 4 is 16.8 Å². The number of hydrogen-bond donors (Lipinski definition) is 0. The molecule has 0 bridgehead atoms. The number of ether oxygens (including phenoxy) is 1. The van der Waals surface area contributed by atoms with Gasteiger partial charge in [0.1, 0.15) is 11.6 Å². The number of rotatable bonds is 8. The largest absolute Gasteiger partial charge is 0.466 e. The van der Waals surface area contributed by atoms with Crippen molar-refractivity contribution in [3.05, 3.63) is 29.8 Å². The van der Waals surface area contributed by atoms with Gasteiger partial charge in [0.25, 0.3) is 0 Å². The highest BCUT2D eigenvalue weighted by atomic mass is 32.2. The van der Waals surface area contributed by atoms with E-state index in [2.05, 4.69) is 0 Å². The fourth-order valence-corrected chi connectivity index (χ4v) is 2.86. The van der Waals surface area contributed by atoms with E-state index in [4.69, 9.17) is 4.74 Å². The number of hydrogen-bond acceptors (Lipinski definition) is 3. The Labute approximate surface area is 119 Å². The normalized spacial score (nSPS) is 12.2. The van der Waals surface area contributed by atoms with Gasteiger partial charge in [0.2, 0.25) is 0 Å². The minimum Gasteiger partial charge on any atom is -0.466 e. The number of halogens is 2.